The third kappa shape index (κ3) is 2.42. The van der Waals surface area contributed by atoms with Crippen molar-refractivity contribution in [3.63, 3.8) is 0 Å². The summed E-state index contributed by atoms with van der Waals surface area (Å²) in [6, 6.07) is 9.91. The maximum atomic E-state index is 12.3. The molecule has 0 aliphatic carbocycles. The summed E-state index contributed by atoms with van der Waals surface area (Å²) in [4.78, 5) is 4.16. The molecule has 2 rings (SSSR count). The predicted molar refractivity (Wildman–Crippen MR) is 68.8 cm³/mol. The minimum Gasteiger partial charge on any atom is -0.326 e. The number of hydrogen-bond acceptors (Lipinski definition) is 4. The highest BCUT2D eigenvalue weighted by Crippen LogP contribution is 2.19. The fourth-order valence-corrected chi connectivity index (χ4v) is 2.80. The summed E-state index contributed by atoms with van der Waals surface area (Å²) in [6.45, 7) is 2.20. The molecule has 18 heavy (non-hydrogen) atoms. The van der Waals surface area contributed by atoms with Crippen molar-refractivity contribution >= 4 is 9.84 Å². The molecule has 0 aliphatic heterocycles. The van der Waals surface area contributed by atoms with Gasteiger partial charge in [-0.05, 0) is 36.8 Å². The van der Waals surface area contributed by atoms with Crippen LogP contribution in [0, 0.1) is 6.92 Å². The fourth-order valence-electron chi connectivity index (χ4n) is 1.56. The number of aromatic nitrogens is 1. The number of rotatable bonds is 3. The molecular weight excluding hydrogens is 248 g/mol. The van der Waals surface area contributed by atoms with E-state index in [0.29, 0.717) is 6.54 Å². The van der Waals surface area contributed by atoms with Crippen LogP contribution in [0.3, 0.4) is 0 Å². The highest BCUT2D eigenvalue weighted by atomic mass is 32.2. The van der Waals surface area contributed by atoms with Crippen molar-refractivity contribution in [2.45, 2.75) is 23.4 Å². The van der Waals surface area contributed by atoms with Crippen LogP contribution in [-0.2, 0) is 16.4 Å². The third-order valence-corrected chi connectivity index (χ3v) is 4.31. The topological polar surface area (TPSA) is 73.0 Å². The first-order valence-electron chi connectivity index (χ1n) is 5.51. The molecule has 0 saturated heterocycles. The second kappa shape index (κ2) is 4.88. The van der Waals surface area contributed by atoms with Crippen molar-refractivity contribution < 1.29 is 8.42 Å². The lowest BCUT2D eigenvalue weighted by Gasteiger charge is -2.05. The second-order valence-electron chi connectivity index (χ2n) is 4.02. The molecule has 0 spiro atoms. The third-order valence-electron chi connectivity index (χ3n) is 2.64. The average Bonchev–Trinajstić information content (AvgIpc) is 2.39. The quantitative estimate of drug-likeness (QED) is 0.913. The Balaban J connectivity index is 2.50. The van der Waals surface area contributed by atoms with Crippen molar-refractivity contribution in [3.8, 4) is 0 Å². The summed E-state index contributed by atoms with van der Waals surface area (Å²) in [5, 5.41) is 0.0364. The van der Waals surface area contributed by atoms with Gasteiger partial charge in [0.05, 0.1) is 4.90 Å². The standard InChI is InChI=1S/C13H14N2O2S/c1-10-2-4-12(5-3-10)18(16,17)13-8-11(9-14)6-7-15-13/h2-8H,9,14H2,1H3. The normalized spacial score (nSPS) is 11.4. The van der Waals surface area contributed by atoms with Crippen molar-refractivity contribution in [2.24, 2.45) is 5.73 Å². The lowest BCUT2D eigenvalue weighted by atomic mass is 10.2. The van der Waals surface area contributed by atoms with Crippen LogP contribution >= 0.6 is 0 Å². The van der Waals surface area contributed by atoms with Gasteiger partial charge in [-0.15, -0.1) is 0 Å². The van der Waals surface area contributed by atoms with Gasteiger partial charge in [0.1, 0.15) is 0 Å². The number of sulfone groups is 1. The summed E-state index contributed by atoms with van der Waals surface area (Å²) in [5.74, 6) is 0. The molecule has 0 bridgehead atoms. The van der Waals surface area contributed by atoms with Crippen molar-refractivity contribution in [2.75, 3.05) is 0 Å². The number of benzene rings is 1. The molecule has 0 fully saturated rings. The summed E-state index contributed by atoms with van der Waals surface area (Å²) in [5.41, 5.74) is 7.26. The van der Waals surface area contributed by atoms with E-state index in [4.69, 9.17) is 5.73 Å². The Bertz CT molecular complexity index is 649. The van der Waals surface area contributed by atoms with Crippen LogP contribution < -0.4 is 5.73 Å². The van der Waals surface area contributed by atoms with Crippen molar-refractivity contribution in [1.82, 2.24) is 4.98 Å². The van der Waals surface area contributed by atoms with E-state index in [1.165, 1.54) is 12.3 Å². The summed E-state index contributed by atoms with van der Waals surface area (Å²) in [7, 11) is -3.56. The summed E-state index contributed by atoms with van der Waals surface area (Å²) >= 11 is 0. The van der Waals surface area contributed by atoms with Gasteiger partial charge in [-0.25, -0.2) is 13.4 Å². The number of nitrogens with zero attached hydrogens (tertiary/aromatic N) is 1. The van der Waals surface area contributed by atoms with Crippen LogP contribution in [0.4, 0.5) is 0 Å². The maximum Gasteiger partial charge on any atom is 0.223 e. The minimum absolute atomic E-state index is 0.0364. The average molecular weight is 262 g/mol. The van der Waals surface area contributed by atoms with E-state index in [9.17, 15) is 8.42 Å². The monoisotopic (exact) mass is 262 g/mol. The van der Waals surface area contributed by atoms with Crippen LogP contribution in [-0.4, -0.2) is 13.4 Å². The van der Waals surface area contributed by atoms with Gasteiger partial charge in [-0.3, -0.25) is 0 Å². The van der Waals surface area contributed by atoms with Gasteiger partial charge in [-0.2, -0.15) is 0 Å². The van der Waals surface area contributed by atoms with Crippen LogP contribution in [0.5, 0.6) is 0 Å². The smallest absolute Gasteiger partial charge is 0.223 e. The summed E-state index contributed by atoms with van der Waals surface area (Å²) < 4.78 is 24.6. The SMILES string of the molecule is Cc1ccc(S(=O)(=O)c2cc(CN)ccn2)cc1. The molecule has 0 amide bonds. The Morgan fingerprint density at radius 2 is 1.83 bits per heavy atom. The van der Waals surface area contributed by atoms with Gasteiger partial charge >= 0.3 is 0 Å². The molecule has 1 aromatic carbocycles. The van der Waals surface area contributed by atoms with E-state index in [-0.39, 0.29) is 9.92 Å². The summed E-state index contributed by atoms with van der Waals surface area (Å²) in [6.07, 6.45) is 1.46. The number of nitrogens with two attached hydrogens (primary N) is 1. The molecule has 0 atom stereocenters. The van der Waals surface area contributed by atoms with E-state index >= 15 is 0 Å². The Morgan fingerprint density at radius 1 is 1.17 bits per heavy atom. The molecule has 0 saturated carbocycles. The minimum atomic E-state index is -3.56. The van der Waals surface area contributed by atoms with Crippen LogP contribution in [0.25, 0.3) is 0 Å². The molecule has 1 aromatic heterocycles. The Kier molecular flexibility index (Phi) is 3.45. The molecular formula is C13H14N2O2S. The van der Waals surface area contributed by atoms with Gasteiger partial charge in [-0.1, -0.05) is 17.7 Å². The molecule has 0 unspecified atom stereocenters. The highest BCUT2D eigenvalue weighted by Gasteiger charge is 2.18. The number of hydrogen-bond donors (Lipinski definition) is 1. The van der Waals surface area contributed by atoms with E-state index < -0.39 is 9.84 Å². The van der Waals surface area contributed by atoms with Crippen molar-refractivity contribution in [3.05, 3.63) is 53.7 Å². The largest absolute Gasteiger partial charge is 0.326 e. The lowest BCUT2D eigenvalue weighted by molar-refractivity contribution is 0.592. The van der Waals surface area contributed by atoms with Crippen molar-refractivity contribution in [1.29, 1.82) is 0 Å². The Morgan fingerprint density at radius 3 is 2.44 bits per heavy atom. The van der Waals surface area contributed by atoms with Gasteiger partial charge in [0.25, 0.3) is 0 Å². The molecule has 4 nitrogen and oxygen atoms in total. The predicted octanol–water partition coefficient (Wildman–Crippen LogP) is 1.68. The zero-order valence-electron chi connectivity index (χ0n) is 10.00. The zero-order valence-corrected chi connectivity index (χ0v) is 10.8. The van der Waals surface area contributed by atoms with Crippen LogP contribution in [0.1, 0.15) is 11.1 Å². The molecule has 2 N–H and O–H groups in total. The van der Waals surface area contributed by atoms with E-state index in [1.807, 2.05) is 6.92 Å². The van der Waals surface area contributed by atoms with Crippen LogP contribution in [0.2, 0.25) is 0 Å². The molecule has 0 aliphatic rings. The number of aryl methyl sites for hydroxylation is 1. The van der Waals surface area contributed by atoms with E-state index in [1.54, 1.807) is 30.3 Å². The highest BCUT2D eigenvalue weighted by molar-refractivity contribution is 7.91. The number of pyridine rings is 1. The first-order valence-corrected chi connectivity index (χ1v) is 6.99. The Hall–Kier alpha value is -1.72. The first kappa shape index (κ1) is 12.7. The van der Waals surface area contributed by atoms with Gasteiger partial charge in [0.2, 0.25) is 9.84 Å². The molecule has 1 heterocycles. The van der Waals surface area contributed by atoms with Gasteiger partial charge in [0, 0.05) is 12.7 Å². The van der Waals surface area contributed by atoms with Crippen LogP contribution in [0.15, 0.2) is 52.5 Å². The molecule has 5 heteroatoms. The maximum absolute atomic E-state index is 12.3. The Labute approximate surface area is 106 Å². The second-order valence-corrected chi connectivity index (χ2v) is 5.92. The lowest BCUT2D eigenvalue weighted by Crippen LogP contribution is -2.06. The zero-order chi connectivity index (χ0) is 13.2. The van der Waals surface area contributed by atoms with Gasteiger partial charge in [0.15, 0.2) is 5.03 Å². The van der Waals surface area contributed by atoms with Gasteiger partial charge < -0.3 is 5.73 Å². The fraction of sp³-hybridized carbons (Fsp3) is 0.154. The van der Waals surface area contributed by atoms with E-state index in [2.05, 4.69) is 4.98 Å². The van der Waals surface area contributed by atoms with E-state index in [0.717, 1.165) is 11.1 Å². The molecule has 2 aromatic rings. The molecule has 0 radical (unpaired) electrons. The first-order chi connectivity index (χ1) is 8.54. The molecule has 94 valence electrons.